The molecule has 2 aromatic rings. The van der Waals surface area contributed by atoms with E-state index in [2.05, 4.69) is 14.2 Å². The summed E-state index contributed by atoms with van der Waals surface area (Å²) >= 11 is 0. The smallest absolute Gasteiger partial charge is 0.351 e. The van der Waals surface area contributed by atoms with E-state index < -0.39 is 21.5 Å². The van der Waals surface area contributed by atoms with Crippen LogP contribution in [0.1, 0.15) is 31.7 Å². The maximum Gasteiger partial charge on any atom is 0.534 e. The van der Waals surface area contributed by atoms with Gasteiger partial charge in [0.1, 0.15) is 0 Å². The second kappa shape index (κ2) is 6.57. The van der Waals surface area contributed by atoms with Crippen LogP contribution in [-0.2, 0) is 10.1 Å². The molecule has 0 amide bonds. The maximum absolute atomic E-state index is 12.8. The van der Waals surface area contributed by atoms with Crippen molar-refractivity contribution in [1.29, 1.82) is 0 Å². The maximum atomic E-state index is 12.8. The fraction of sp³-hybridized carbons (Fsp3) is 0.500. The Balaban J connectivity index is 2.17. The largest absolute Gasteiger partial charge is 0.534 e. The van der Waals surface area contributed by atoms with Crippen molar-refractivity contribution in [2.75, 3.05) is 11.4 Å². The average molecular weight is 389 g/mol. The zero-order chi connectivity index (χ0) is 19.1. The van der Waals surface area contributed by atoms with Gasteiger partial charge in [-0.1, -0.05) is 12.1 Å². The standard InChI is InChI=1S/C16H18F3N3O3S/c1-10-6-5-8-12-13(10)21-14(22-9-4-3-7-11(22)2)15(20-12)25-26(23,24)16(17,18)19/h5-6,8,11H,3-4,7,9H2,1-2H3. The lowest BCUT2D eigenvalue weighted by atomic mass is 10.0. The van der Waals surface area contributed by atoms with Crippen molar-refractivity contribution in [2.24, 2.45) is 0 Å². The number of alkyl halides is 3. The summed E-state index contributed by atoms with van der Waals surface area (Å²) in [5.74, 6) is -0.624. The molecule has 0 spiro atoms. The number of rotatable bonds is 3. The molecule has 1 aliphatic rings. The van der Waals surface area contributed by atoms with Gasteiger partial charge in [-0.3, -0.25) is 0 Å². The van der Waals surface area contributed by atoms with Gasteiger partial charge in [0, 0.05) is 12.6 Å². The predicted molar refractivity (Wildman–Crippen MR) is 90.5 cm³/mol. The molecule has 0 aliphatic carbocycles. The van der Waals surface area contributed by atoms with Gasteiger partial charge >= 0.3 is 15.6 Å². The van der Waals surface area contributed by atoms with Gasteiger partial charge in [0.05, 0.1) is 11.0 Å². The van der Waals surface area contributed by atoms with Crippen LogP contribution in [0.5, 0.6) is 5.88 Å². The highest BCUT2D eigenvalue weighted by atomic mass is 32.2. The monoisotopic (exact) mass is 389 g/mol. The number of benzene rings is 1. The Kier molecular flexibility index (Phi) is 4.72. The summed E-state index contributed by atoms with van der Waals surface area (Å²) in [6.07, 6.45) is 2.62. The Labute approximate surface area is 149 Å². The highest BCUT2D eigenvalue weighted by Crippen LogP contribution is 2.35. The van der Waals surface area contributed by atoms with Gasteiger partial charge < -0.3 is 9.08 Å². The number of hydrogen-bond donors (Lipinski definition) is 0. The number of anilines is 1. The first-order valence-corrected chi connectivity index (χ1v) is 9.56. The molecular formula is C16H18F3N3O3S. The van der Waals surface area contributed by atoms with Crippen LogP contribution in [0, 0.1) is 6.92 Å². The summed E-state index contributed by atoms with van der Waals surface area (Å²) in [7, 11) is -5.84. The Morgan fingerprint density at radius 3 is 2.62 bits per heavy atom. The van der Waals surface area contributed by atoms with E-state index >= 15 is 0 Å². The zero-order valence-corrected chi connectivity index (χ0v) is 15.1. The first-order valence-electron chi connectivity index (χ1n) is 8.15. The summed E-state index contributed by atoms with van der Waals surface area (Å²) in [6, 6.07) is 4.99. The summed E-state index contributed by atoms with van der Waals surface area (Å²) in [5.41, 5.74) is -3.99. The molecule has 1 aromatic heterocycles. The van der Waals surface area contributed by atoms with Crippen LogP contribution < -0.4 is 9.08 Å². The second-order valence-electron chi connectivity index (χ2n) is 6.32. The van der Waals surface area contributed by atoms with E-state index in [0.717, 1.165) is 24.8 Å². The fourth-order valence-electron chi connectivity index (χ4n) is 3.00. The quantitative estimate of drug-likeness (QED) is 0.591. The van der Waals surface area contributed by atoms with Crippen LogP contribution in [0.3, 0.4) is 0 Å². The van der Waals surface area contributed by atoms with Crippen molar-refractivity contribution in [2.45, 2.75) is 44.7 Å². The molecule has 0 saturated carbocycles. The number of hydrogen-bond acceptors (Lipinski definition) is 6. The van der Waals surface area contributed by atoms with Crippen LogP contribution in [0.15, 0.2) is 18.2 Å². The van der Waals surface area contributed by atoms with E-state index in [4.69, 9.17) is 0 Å². The van der Waals surface area contributed by atoms with Gasteiger partial charge in [-0.05, 0) is 44.7 Å². The fourth-order valence-corrected chi connectivity index (χ4v) is 3.41. The Morgan fingerprint density at radius 2 is 1.96 bits per heavy atom. The predicted octanol–water partition coefficient (Wildman–Crippen LogP) is 3.55. The lowest BCUT2D eigenvalue weighted by Gasteiger charge is -2.34. The van der Waals surface area contributed by atoms with Gasteiger partial charge in [0.25, 0.3) is 5.88 Å². The summed E-state index contributed by atoms with van der Waals surface area (Å²) in [4.78, 5) is 10.2. The number of aromatic nitrogens is 2. The van der Waals surface area contributed by atoms with Crippen LogP contribution in [-0.4, -0.2) is 36.5 Å². The van der Waals surface area contributed by atoms with E-state index in [0.29, 0.717) is 12.1 Å². The van der Waals surface area contributed by atoms with Crippen molar-refractivity contribution in [3.05, 3.63) is 23.8 Å². The summed E-state index contributed by atoms with van der Waals surface area (Å²) in [6.45, 7) is 4.24. The van der Waals surface area contributed by atoms with Gasteiger partial charge in [-0.15, -0.1) is 0 Å². The molecule has 142 valence electrons. The molecule has 26 heavy (non-hydrogen) atoms. The molecule has 1 fully saturated rings. The topological polar surface area (TPSA) is 72.4 Å². The number of aryl methyl sites for hydroxylation is 1. The molecule has 0 N–H and O–H groups in total. The third-order valence-corrected chi connectivity index (χ3v) is 5.34. The highest BCUT2D eigenvalue weighted by Gasteiger charge is 2.49. The SMILES string of the molecule is Cc1cccc2nc(OS(=O)(=O)C(F)(F)F)c(N3CCCCC3C)nc12. The van der Waals surface area contributed by atoms with Crippen molar-refractivity contribution in [3.63, 3.8) is 0 Å². The molecule has 1 atom stereocenters. The molecule has 3 rings (SSSR count). The van der Waals surface area contributed by atoms with E-state index in [1.807, 2.05) is 6.92 Å². The van der Waals surface area contributed by atoms with Gasteiger partial charge in [0.15, 0.2) is 5.82 Å². The number of halogens is 3. The highest BCUT2D eigenvalue weighted by molar-refractivity contribution is 7.88. The average Bonchev–Trinajstić information content (AvgIpc) is 2.54. The second-order valence-corrected chi connectivity index (χ2v) is 7.85. The molecule has 0 radical (unpaired) electrons. The molecule has 1 aromatic carbocycles. The summed E-state index contributed by atoms with van der Waals surface area (Å²) in [5, 5.41) is 0. The van der Waals surface area contributed by atoms with Crippen LogP contribution in [0.25, 0.3) is 11.0 Å². The Bertz CT molecular complexity index is 931. The minimum absolute atomic E-state index is 0.0181. The Hall–Kier alpha value is -2.10. The molecule has 0 bridgehead atoms. The lowest BCUT2D eigenvalue weighted by molar-refractivity contribution is -0.0501. The van der Waals surface area contributed by atoms with E-state index in [1.54, 1.807) is 30.0 Å². The minimum Gasteiger partial charge on any atom is -0.351 e. The molecule has 10 heteroatoms. The van der Waals surface area contributed by atoms with Crippen LogP contribution in [0.4, 0.5) is 19.0 Å². The van der Waals surface area contributed by atoms with Crippen LogP contribution >= 0.6 is 0 Å². The summed E-state index contributed by atoms with van der Waals surface area (Å²) < 4.78 is 65.7. The Morgan fingerprint density at radius 1 is 1.23 bits per heavy atom. The minimum atomic E-state index is -5.84. The molecule has 2 heterocycles. The molecule has 6 nitrogen and oxygen atoms in total. The van der Waals surface area contributed by atoms with E-state index in [-0.39, 0.29) is 17.4 Å². The molecular weight excluding hydrogens is 371 g/mol. The first kappa shape index (κ1) is 18.7. The lowest BCUT2D eigenvalue weighted by Crippen LogP contribution is -2.39. The van der Waals surface area contributed by atoms with Crippen molar-refractivity contribution in [1.82, 2.24) is 9.97 Å². The first-order chi connectivity index (χ1) is 12.1. The van der Waals surface area contributed by atoms with Crippen molar-refractivity contribution in [3.8, 4) is 5.88 Å². The van der Waals surface area contributed by atoms with E-state index in [1.165, 1.54) is 0 Å². The van der Waals surface area contributed by atoms with Crippen molar-refractivity contribution >= 4 is 27.0 Å². The number of piperidine rings is 1. The number of fused-ring (bicyclic) bond motifs is 1. The van der Waals surface area contributed by atoms with Crippen LogP contribution in [0.2, 0.25) is 0 Å². The normalized spacial score (nSPS) is 19.0. The van der Waals surface area contributed by atoms with E-state index in [9.17, 15) is 21.6 Å². The molecule has 1 saturated heterocycles. The molecule has 1 unspecified atom stereocenters. The van der Waals surface area contributed by atoms with Gasteiger partial charge in [-0.25, -0.2) is 9.97 Å². The zero-order valence-electron chi connectivity index (χ0n) is 14.2. The third kappa shape index (κ3) is 3.42. The van der Waals surface area contributed by atoms with Crippen molar-refractivity contribution < 1.29 is 25.8 Å². The number of para-hydroxylation sites is 1. The molecule has 1 aliphatic heterocycles. The number of nitrogens with zero attached hydrogens (tertiary/aromatic N) is 3. The third-order valence-electron chi connectivity index (χ3n) is 4.39. The van der Waals surface area contributed by atoms with Gasteiger partial charge in [-0.2, -0.15) is 21.6 Å². The van der Waals surface area contributed by atoms with Gasteiger partial charge in [0.2, 0.25) is 0 Å².